The first-order chi connectivity index (χ1) is 13.7. The van der Waals surface area contributed by atoms with Crippen molar-refractivity contribution < 1.29 is 19.1 Å². The number of carbonyl (C=O) groups excluding carboxylic acids is 2. The maximum atomic E-state index is 12.8. The van der Waals surface area contributed by atoms with E-state index in [2.05, 4.69) is 0 Å². The fourth-order valence-corrected chi connectivity index (χ4v) is 4.03. The lowest BCUT2D eigenvalue weighted by molar-refractivity contribution is -0.137. The number of carbonyl (C=O) groups is 2. The van der Waals surface area contributed by atoms with Crippen molar-refractivity contribution in [2.24, 2.45) is 5.92 Å². The van der Waals surface area contributed by atoms with Crippen LogP contribution in [0.5, 0.6) is 11.5 Å². The maximum absolute atomic E-state index is 12.8. The van der Waals surface area contributed by atoms with Crippen LogP contribution >= 0.6 is 0 Å². The van der Waals surface area contributed by atoms with Gasteiger partial charge in [-0.05, 0) is 50.5 Å². The summed E-state index contributed by atoms with van der Waals surface area (Å²) in [5.41, 5.74) is 0. The van der Waals surface area contributed by atoms with Gasteiger partial charge in [-0.1, -0.05) is 19.3 Å². The van der Waals surface area contributed by atoms with E-state index in [4.69, 9.17) is 9.47 Å². The Kier molecular flexibility index (Phi) is 7.57. The van der Waals surface area contributed by atoms with Crippen LogP contribution in [0.4, 0.5) is 0 Å². The summed E-state index contributed by atoms with van der Waals surface area (Å²) in [7, 11) is 0. The molecular formula is C22H32N2O4. The molecule has 0 N–H and O–H groups in total. The monoisotopic (exact) mass is 388 g/mol. The van der Waals surface area contributed by atoms with Gasteiger partial charge in [-0.3, -0.25) is 9.59 Å². The lowest BCUT2D eigenvalue weighted by Crippen LogP contribution is -2.41. The maximum Gasteiger partial charge on any atom is 0.260 e. The topological polar surface area (TPSA) is 59.1 Å². The Hall–Kier alpha value is -2.24. The van der Waals surface area contributed by atoms with E-state index in [1.807, 2.05) is 41.0 Å². The summed E-state index contributed by atoms with van der Waals surface area (Å²) >= 11 is 0. The Morgan fingerprint density at radius 3 is 2.14 bits per heavy atom. The van der Waals surface area contributed by atoms with Crippen molar-refractivity contribution in [2.75, 3.05) is 39.4 Å². The van der Waals surface area contributed by atoms with Crippen molar-refractivity contribution in [1.29, 1.82) is 0 Å². The fourth-order valence-electron chi connectivity index (χ4n) is 4.03. The van der Waals surface area contributed by atoms with Gasteiger partial charge in [0.15, 0.2) is 6.61 Å². The second kappa shape index (κ2) is 10.3. The van der Waals surface area contributed by atoms with Crippen LogP contribution in [0.15, 0.2) is 24.3 Å². The zero-order valence-corrected chi connectivity index (χ0v) is 16.9. The molecule has 154 valence electrons. The van der Waals surface area contributed by atoms with Crippen molar-refractivity contribution in [1.82, 2.24) is 9.80 Å². The van der Waals surface area contributed by atoms with E-state index in [0.717, 1.165) is 44.4 Å². The van der Waals surface area contributed by atoms with E-state index in [9.17, 15) is 9.59 Å². The summed E-state index contributed by atoms with van der Waals surface area (Å²) < 4.78 is 11.0. The number of hydrogen-bond acceptors (Lipinski definition) is 4. The molecule has 0 unspecified atom stereocenters. The molecular weight excluding hydrogens is 356 g/mol. The molecule has 1 saturated carbocycles. The second-order valence-electron chi connectivity index (χ2n) is 7.59. The number of nitrogens with zero attached hydrogens (tertiary/aromatic N) is 2. The zero-order chi connectivity index (χ0) is 19.8. The Morgan fingerprint density at radius 2 is 1.46 bits per heavy atom. The quantitative estimate of drug-likeness (QED) is 0.751. The molecule has 2 amide bonds. The van der Waals surface area contributed by atoms with Gasteiger partial charge < -0.3 is 19.3 Å². The smallest absolute Gasteiger partial charge is 0.260 e. The summed E-state index contributed by atoms with van der Waals surface area (Å²) in [6, 6.07) is 7.30. The Balaban J connectivity index is 1.45. The lowest BCUT2D eigenvalue weighted by atomic mass is 9.88. The minimum absolute atomic E-state index is 0.0184. The Bertz CT molecular complexity index is 640. The first-order valence-corrected chi connectivity index (χ1v) is 10.6. The summed E-state index contributed by atoms with van der Waals surface area (Å²) in [6.45, 7) is 5.22. The molecule has 0 radical (unpaired) electrons. The van der Waals surface area contributed by atoms with Crippen LogP contribution < -0.4 is 9.47 Å². The Morgan fingerprint density at radius 1 is 0.857 bits per heavy atom. The van der Waals surface area contributed by atoms with Crippen molar-refractivity contribution in [3.05, 3.63) is 24.3 Å². The van der Waals surface area contributed by atoms with Gasteiger partial charge in [0, 0.05) is 32.1 Å². The molecule has 0 atom stereocenters. The first-order valence-electron chi connectivity index (χ1n) is 10.6. The molecule has 0 bridgehead atoms. The van der Waals surface area contributed by atoms with E-state index in [0.29, 0.717) is 37.9 Å². The van der Waals surface area contributed by atoms with Gasteiger partial charge in [0.05, 0.1) is 6.61 Å². The highest BCUT2D eigenvalue weighted by atomic mass is 16.5. The van der Waals surface area contributed by atoms with Gasteiger partial charge in [0.2, 0.25) is 5.91 Å². The summed E-state index contributed by atoms with van der Waals surface area (Å²) in [6.07, 6.45) is 6.45. The molecule has 1 saturated heterocycles. The molecule has 1 aliphatic carbocycles. The van der Waals surface area contributed by atoms with E-state index in [1.165, 1.54) is 6.42 Å². The van der Waals surface area contributed by atoms with Crippen LogP contribution in [-0.4, -0.2) is 61.0 Å². The molecule has 6 nitrogen and oxygen atoms in total. The van der Waals surface area contributed by atoms with Crippen molar-refractivity contribution in [3.63, 3.8) is 0 Å². The average Bonchev–Trinajstić information content (AvgIpc) is 3.00. The number of rotatable bonds is 6. The minimum atomic E-state index is -0.0270. The molecule has 2 fully saturated rings. The molecule has 28 heavy (non-hydrogen) atoms. The highest BCUT2D eigenvalue weighted by Gasteiger charge is 2.28. The number of ether oxygens (including phenoxy) is 2. The summed E-state index contributed by atoms with van der Waals surface area (Å²) in [5.74, 6) is 1.90. The third-order valence-electron chi connectivity index (χ3n) is 5.61. The highest BCUT2D eigenvalue weighted by Crippen LogP contribution is 2.26. The predicted octanol–water partition coefficient (Wildman–Crippen LogP) is 3.11. The largest absolute Gasteiger partial charge is 0.494 e. The normalized spacial score (nSPS) is 18.5. The summed E-state index contributed by atoms with van der Waals surface area (Å²) in [5, 5.41) is 0. The number of benzene rings is 1. The van der Waals surface area contributed by atoms with Crippen LogP contribution in [0, 0.1) is 5.92 Å². The van der Waals surface area contributed by atoms with Crippen LogP contribution in [0.25, 0.3) is 0 Å². The number of amides is 2. The third kappa shape index (κ3) is 5.63. The molecule has 2 aliphatic rings. The van der Waals surface area contributed by atoms with Gasteiger partial charge in [0.1, 0.15) is 11.5 Å². The standard InChI is InChI=1S/C22H32N2O4/c1-2-27-19-9-11-20(12-10-19)28-17-21(25)23-13-6-14-24(16-15-23)22(26)18-7-4-3-5-8-18/h9-12,18H,2-8,13-17H2,1H3. The van der Waals surface area contributed by atoms with E-state index < -0.39 is 0 Å². The van der Waals surface area contributed by atoms with Gasteiger partial charge in [-0.25, -0.2) is 0 Å². The average molecular weight is 389 g/mol. The molecule has 1 aromatic carbocycles. The van der Waals surface area contributed by atoms with Crippen molar-refractivity contribution >= 4 is 11.8 Å². The van der Waals surface area contributed by atoms with Gasteiger partial charge in [0.25, 0.3) is 5.91 Å². The second-order valence-corrected chi connectivity index (χ2v) is 7.59. The van der Waals surface area contributed by atoms with Crippen LogP contribution in [0.1, 0.15) is 45.4 Å². The summed E-state index contributed by atoms with van der Waals surface area (Å²) in [4.78, 5) is 29.1. The SMILES string of the molecule is CCOc1ccc(OCC(=O)N2CCCN(C(=O)C3CCCCC3)CC2)cc1. The minimum Gasteiger partial charge on any atom is -0.494 e. The molecule has 0 spiro atoms. The van der Waals surface area contributed by atoms with E-state index in [-0.39, 0.29) is 18.4 Å². The molecule has 1 heterocycles. The molecule has 0 aromatic heterocycles. The van der Waals surface area contributed by atoms with Crippen molar-refractivity contribution in [2.45, 2.75) is 45.4 Å². The predicted molar refractivity (Wildman–Crippen MR) is 107 cm³/mol. The van der Waals surface area contributed by atoms with Crippen LogP contribution in [-0.2, 0) is 9.59 Å². The van der Waals surface area contributed by atoms with E-state index in [1.54, 1.807) is 0 Å². The zero-order valence-electron chi connectivity index (χ0n) is 16.9. The molecule has 3 rings (SSSR count). The first kappa shape index (κ1) is 20.5. The van der Waals surface area contributed by atoms with Crippen molar-refractivity contribution in [3.8, 4) is 11.5 Å². The fraction of sp³-hybridized carbons (Fsp3) is 0.636. The highest BCUT2D eigenvalue weighted by molar-refractivity contribution is 5.80. The molecule has 1 aliphatic heterocycles. The molecule has 6 heteroatoms. The van der Waals surface area contributed by atoms with Gasteiger partial charge in [-0.2, -0.15) is 0 Å². The molecule has 1 aromatic rings. The lowest BCUT2D eigenvalue weighted by Gasteiger charge is -2.28. The Labute approximate surface area is 167 Å². The van der Waals surface area contributed by atoms with Crippen LogP contribution in [0.2, 0.25) is 0 Å². The number of hydrogen-bond donors (Lipinski definition) is 0. The van der Waals surface area contributed by atoms with E-state index >= 15 is 0 Å². The van der Waals surface area contributed by atoms with Gasteiger partial charge in [-0.15, -0.1) is 0 Å². The third-order valence-corrected chi connectivity index (χ3v) is 5.61. The van der Waals surface area contributed by atoms with Crippen LogP contribution in [0.3, 0.4) is 0 Å². The van der Waals surface area contributed by atoms with Gasteiger partial charge >= 0.3 is 0 Å².